The minimum absolute atomic E-state index is 0. The molecule has 0 aliphatic rings. The molecule has 0 saturated heterocycles. The van der Waals surface area contributed by atoms with E-state index < -0.39 is 5.91 Å². The van der Waals surface area contributed by atoms with E-state index in [1.165, 1.54) is 0 Å². The van der Waals surface area contributed by atoms with Crippen molar-refractivity contribution in [2.45, 2.75) is 0 Å². The first kappa shape index (κ1) is 13.1. The summed E-state index contributed by atoms with van der Waals surface area (Å²) in [6.45, 7) is 0. The van der Waals surface area contributed by atoms with Gasteiger partial charge in [-0.15, -0.1) is 12.4 Å². The Balaban J connectivity index is 0.00000144. The van der Waals surface area contributed by atoms with Crippen molar-refractivity contribution in [2.75, 3.05) is 0 Å². The minimum Gasteiger partial charge on any atom is -0.370 e. The molecule has 0 saturated carbocycles. The quantitative estimate of drug-likeness (QED) is 0.587. The maximum atomic E-state index is 11.8. The molecule has 0 radical (unpaired) electrons. The smallest absolute Gasteiger partial charge is 0.282 e. The molecule has 2 rings (SSSR count). The van der Waals surface area contributed by atoms with Gasteiger partial charge in [0.15, 0.2) is 5.96 Å². The lowest BCUT2D eigenvalue weighted by atomic mass is 10.1. The highest BCUT2D eigenvalue weighted by molar-refractivity contribution is 6.09. The van der Waals surface area contributed by atoms with Crippen LogP contribution in [0.1, 0.15) is 10.4 Å². The summed E-state index contributed by atoms with van der Waals surface area (Å²) in [5, 5.41) is 0.985. The number of guanidine groups is 1. The van der Waals surface area contributed by atoms with Gasteiger partial charge in [-0.25, -0.2) is 0 Å². The summed E-state index contributed by atoms with van der Waals surface area (Å²) in [4.78, 5) is 15.3. The third-order valence-corrected chi connectivity index (χ3v) is 2.36. The summed E-state index contributed by atoms with van der Waals surface area (Å²) in [7, 11) is 1.87. The summed E-state index contributed by atoms with van der Waals surface area (Å²) in [5.74, 6) is -0.649. The summed E-state index contributed by atoms with van der Waals surface area (Å²) in [6, 6.07) is 7.37. The van der Waals surface area contributed by atoms with E-state index in [1.807, 2.05) is 29.9 Å². The standard InChI is InChI=1S/C11H12N4O.ClH/c1-15-6-5-7-3-2-4-8(9(7)15)10(16)14-11(12)13;/h2-6H,1H3,(H4,12,13,14,16);1H. The molecule has 5 nitrogen and oxygen atoms in total. The lowest BCUT2D eigenvalue weighted by molar-refractivity contribution is 0.100. The van der Waals surface area contributed by atoms with Crippen LogP contribution in [-0.4, -0.2) is 16.4 Å². The van der Waals surface area contributed by atoms with E-state index in [4.69, 9.17) is 11.5 Å². The minimum atomic E-state index is -0.424. The zero-order valence-electron chi connectivity index (χ0n) is 9.25. The maximum Gasteiger partial charge on any atom is 0.282 e. The molecule has 0 spiro atoms. The molecule has 1 aromatic heterocycles. The molecule has 1 amide bonds. The fourth-order valence-electron chi connectivity index (χ4n) is 1.71. The molecule has 0 aliphatic carbocycles. The fraction of sp³-hybridized carbons (Fsp3) is 0.0909. The van der Waals surface area contributed by atoms with Gasteiger partial charge in [0.2, 0.25) is 0 Å². The molecule has 1 aromatic carbocycles. The van der Waals surface area contributed by atoms with Crippen molar-refractivity contribution >= 4 is 35.2 Å². The number of carbonyl (C=O) groups is 1. The number of aryl methyl sites for hydroxylation is 1. The molecule has 2 aromatic rings. The van der Waals surface area contributed by atoms with Gasteiger partial charge in [0, 0.05) is 18.6 Å². The monoisotopic (exact) mass is 252 g/mol. The van der Waals surface area contributed by atoms with Crippen LogP contribution in [-0.2, 0) is 7.05 Å². The summed E-state index contributed by atoms with van der Waals surface area (Å²) in [5.41, 5.74) is 11.7. The molecule has 90 valence electrons. The first-order chi connectivity index (χ1) is 7.59. The largest absolute Gasteiger partial charge is 0.370 e. The third-order valence-electron chi connectivity index (χ3n) is 2.36. The maximum absolute atomic E-state index is 11.8. The zero-order valence-corrected chi connectivity index (χ0v) is 10.1. The normalized spacial score (nSPS) is 9.71. The van der Waals surface area contributed by atoms with Gasteiger partial charge in [0.1, 0.15) is 0 Å². The fourth-order valence-corrected chi connectivity index (χ4v) is 1.71. The summed E-state index contributed by atoms with van der Waals surface area (Å²) >= 11 is 0. The molecule has 0 unspecified atom stereocenters. The zero-order chi connectivity index (χ0) is 11.7. The van der Waals surface area contributed by atoms with Crippen molar-refractivity contribution in [3.63, 3.8) is 0 Å². The predicted octanol–water partition coefficient (Wildman–Crippen LogP) is 1.01. The number of amides is 1. The molecule has 1 heterocycles. The molecular weight excluding hydrogens is 240 g/mol. The van der Waals surface area contributed by atoms with E-state index in [-0.39, 0.29) is 18.4 Å². The predicted molar refractivity (Wildman–Crippen MR) is 70.3 cm³/mol. The summed E-state index contributed by atoms with van der Waals surface area (Å²) in [6.07, 6.45) is 1.89. The highest BCUT2D eigenvalue weighted by atomic mass is 35.5. The number of para-hydroxylation sites is 1. The van der Waals surface area contributed by atoms with Crippen LogP contribution in [0, 0.1) is 0 Å². The second-order valence-electron chi connectivity index (χ2n) is 3.51. The molecule has 0 atom stereocenters. The van der Waals surface area contributed by atoms with Crippen LogP contribution in [0.15, 0.2) is 35.5 Å². The Morgan fingerprint density at radius 3 is 2.65 bits per heavy atom. The number of benzene rings is 1. The second kappa shape index (κ2) is 4.88. The lowest BCUT2D eigenvalue weighted by Crippen LogP contribution is -2.24. The average Bonchev–Trinajstić information content (AvgIpc) is 2.59. The Morgan fingerprint density at radius 1 is 1.29 bits per heavy atom. The third kappa shape index (κ3) is 2.39. The molecule has 4 N–H and O–H groups in total. The van der Waals surface area contributed by atoms with Crippen molar-refractivity contribution in [3.05, 3.63) is 36.0 Å². The first-order valence-electron chi connectivity index (χ1n) is 4.77. The van der Waals surface area contributed by atoms with Crippen LogP contribution in [0.4, 0.5) is 0 Å². The van der Waals surface area contributed by atoms with Gasteiger partial charge in [-0.1, -0.05) is 12.1 Å². The summed E-state index contributed by atoms with van der Waals surface area (Å²) < 4.78 is 1.87. The Morgan fingerprint density at radius 2 is 2.00 bits per heavy atom. The van der Waals surface area contributed by atoms with Crippen LogP contribution in [0.2, 0.25) is 0 Å². The number of aromatic nitrogens is 1. The number of carbonyl (C=O) groups excluding carboxylic acids is 1. The molecule has 17 heavy (non-hydrogen) atoms. The van der Waals surface area contributed by atoms with Crippen molar-refractivity contribution < 1.29 is 4.79 Å². The number of rotatable bonds is 1. The van der Waals surface area contributed by atoms with E-state index in [0.717, 1.165) is 10.9 Å². The highest BCUT2D eigenvalue weighted by Crippen LogP contribution is 2.19. The van der Waals surface area contributed by atoms with E-state index >= 15 is 0 Å². The molecule has 0 bridgehead atoms. The van der Waals surface area contributed by atoms with Crippen LogP contribution in [0.3, 0.4) is 0 Å². The van der Waals surface area contributed by atoms with E-state index in [0.29, 0.717) is 5.56 Å². The topological polar surface area (TPSA) is 86.4 Å². The Labute approximate surface area is 105 Å². The van der Waals surface area contributed by atoms with Crippen LogP contribution < -0.4 is 11.5 Å². The average molecular weight is 253 g/mol. The second-order valence-corrected chi connectivity index (χ2v) is 3.51. The highest BCUT2D eigenvalue weighted by Gasteiger charge is 2.11. The van der Waals surface area contributed by atoms with E-state index in [1.54, 1.807) is 12.1 Å². The molecular formula is C11H13ClN4O. The van der Waals surface area contributed by atoms with E-state index in [2.05, 4.69) is 4.99 Å². The molecule has 6 heteroatoms. The lowest BCUT2D eigenvalue weighted by Gasteiger charge is -2.02. The SMILES string of the molecule is Cl.Cn1ccc2cccc(C(=O)N=C(N)N)c21. The molecule has 0 aliphatic heterocycles. The van der Waals surface area contributed by atoms with Gasteiger partial charge in [-0.2, -0.15) is 4.99 Å². The first-order valence-corrected chi connectivity index (χ1v) is 4.77. The Kier molecular flexibility index (Phi) is 3.75. The van der Waals surface area contributed by atoms with Gasteiger partial charge >= 0.3 is 0 Å². The number of hydrogen-bond acceptors (Lipinski definition) is 1. The number of aliphatic imine (C=N–C) groups is 1. The molecule has 0 fully saturated rings. The van der Waals surface area contributed by atoms with Crippen LogP contribution in [0.5, 0.6) is 0 Å². The van der Waals surface area contributed by atoms with Gasteiger partial charge < -0.3 is 16.0 Å². The van der Waals surface area contributed by atoms with Gasteiger partial charge in [-0.3, -0.25) is 4.79 Å². The van der Waals surface area contributed by atoms with Crippen molar-refractivity contribution in [2.24, 2.45) is 23.5 Å². The van der Waals surface area contributed by atoms with Gasteiger partial charge in [0.25, 0.3) is 5.91 Å². The van der Waals surface area contributed by atoms with Crippen LogP contribution in [0.25, 0.3) is 10.9 Å². The van der Waals surface area contributed by atoms with Crippen molar-refractivity contribution in [3.8, 4) is 0 Å². The number of fused-ring (bicyclic) bond motifs is 1. The number of hydrogen-bond donors (Lipinski definition) is 2. The Bertz CT molecular complexity index is 584. The van der Waals surface area contributed by atoms with Gasteiger partial charge in [-0.05, 0) is 12.1 Å². The number of nitrogens with two attached hydrogens (primary N) is 2. The van der Waals surface area contributed by atoms with Crippen LogP contribution >= 0.6 is 12.4 Å². The van der Waals surface area contributed by atoms with E-state index in [9.17, 15) is 4.79 Å². The number of nitrogens with zero attached hydrogens (tertiary/aromatic N) is 2. The Hall–Kier alpha value is -2.01. The number of halogens is 1. The van der Waals surface area contributed by atoms with Crippen molar-refractivity contribution in [1.82, 2.24) is 4.57 Å². The van der Waals surface area contributed by atoms with Crippen molar-refractivity contribution in [1.29, 1.82) is 0 Å². The van der Waals surface area contributed by atoms with Gasteiger partial charge in [0.05, 0.1) is 11.1 Å².